The number of aromatic nitrogens is 2. The van der Waals surface area contributed by atoms with Crippen molar-refractivity contribution in [1.82, 2.24) is 14.9 Å². The van der Waals surface area contributed by atoms with Gasteiger partial charge in [0.2, 0.25) is 0 Å². The van der Waals surface area contributed by atoms with Gasteiger partial charge in [0.25, 0.3) is 5.91 Å². The fraction of sp³-hybridized carbons (Fsp3) is 0.368. The second-order valence-corrected chi connectivity index (χ2v) is 6.19. The van der Waals surface area contributed by atoms with Gasteiger partial charge in [0, 0.05) is 13.1 Å². The SMILES string of the molecule is O=C(O)c1cnc(C(=O)N2CCC(OCCc3ccccc3)CC2)cn1. The van der Waals surface area contributed by atoms with E-state index in [1.54, 1.807) is 4.90 Å². The van der Waals surface area contributed by atoms with Gasteiger partial charge < -0.3 is 14.7 Å². The second kappa shape index (κ2) is 8.53. The molecular formula is C19H21N3O4. The summed E-state index contributed by atoms with van der Waals surface area (Å²) >= 11 is 0. The van der Waals surface area contributed by atoms with Gasteiger partial charge in [0.1, 0.15) is 5.69 Å². The van der Waals surface area contributed by atoms with Crippen molar-refractivity contribution < 1.29 is 19.4 Å². The Labute approximate surface area is 151 Å². The minimum Gasteiger partial charge on any atom is -0.476 e. The van der Waals surface area contributed by atoms with Crippen molar-refractivity contribution in [1.29, 1.82) is 0 Å². The number of ether oxygens (including phenoxy) is 1. The summed E-state index contributed by atoms with van der Waals surface area (Å²) in [5.41, 5.74) is 1.24. The number of rotatable bonds is 6. The number of carbonyl (C=O) groups excluding carboxylic acids is 1. The molecule has 1 aromatic carbocycles. The highest BCUT2D eigenvalue weighted by atomic mass is 16.5. The first-order valence-electron chi connectivity index (χ1n) is 8.63. The van der Waals surface area contributed by atoms with E-state index in [0.717, 1.165) is 25.5 Å². The predicted molar refractivity (Wildman–Crippen MR) is 94.0 cm³/mol. The second-order valence-electron chi connectivity index (χ2n) is 6.19. The molecule has 0 spiro atoms. The van der Waals surface area contributed by atoms with Gasteiger partial charge in [0.05, 0.1) is 25.1 Å². The lowest BCUT2D eigenvalue weighted by Crippen LogP contribution is -2.41. The minimum absolute atomic E-state index is 0.156. The zero-order valence-corrected chi connectivity index (χ0v) is 14.4. The number of carboxylic acid groups (broad SMARTS) is 1. The summed E-state index contributed by atoms with van der Waals surface area (Å²) in [5.74, 6) is -1.39. The van der Waals surface area contributed by atoms with E-state index in [2.05, 4.69) is 22.1 Å². The molecule has 26 heavy (non-hydrogen) atoms. The summed E-state index contributed by atoms with van der Waals surface area (Å²) in [6.07, 6.45) is 4.92. The molecule has 7 heteroatoms. The topological polar surface area (TPSA) is 92.6 Å². The van der Waals surface area contributed by atoms with E-state index in [-0.39, 0.29) is 23.4 Å². The zero-order chi connectivity index (χ0) is 18.4. The lowest BCUT2D eigenvalue weighted by atomic mass is 10.1. The van der Waals surface area contributed by atoms with Crippen molar-refractivity contribution >= 4 is 11.9 Å². The Morgan fingerprint density at radius 2 is 1.73 bits per heavy atom. The third kappa shape index (κ3) is 4.64. The van der Waals surface area contributed by atoms with E-state index in [1.165, 1.54) is 11.8 Å². The Bertz CT molecular complexity index is 741. The van der Waals surface area contributed by atoms with Gasteiger partial charge in [-0.15, -0.1) is 0 Å². The number of benzene rings is 1. The van der Waals surface area contributed by atoms with Gasteiger partial charge in [-0.1, -0.05) is 30.3 Å². The quantitative estimate of drug-likeness (QED) is 0.852. The van der Waals surface area contributed by atoms with Crippen LogP contribution in [-0.2, 0) is 11.2 Å². The van der Waals surface area contributed by atoms with Crippen molar-refractivity contribution in [2.24, 2.45) is 0 Å². The van der Waals surface area contributed by atoms with Crippen LogP contribution in [0.1, 0.15) is 39.4 Å². The Hall–Kier alpha value is -2.80. The molecule has 0 aliphatic carbocycles. The van der Waals surface area contributed by atoms with Crippen LogP contribution in [0.25, 0.3) is 0 Å². The first-order valence-corrected chi connectivity index (χ1v) is 8.63. The normalized spacial score (nSPS) is 15.0. The van der Waals surface area contributed by atoms with E-state index in [0.29, 0.717) is 19.7 Å². The summed E-state index contributed by atoms with van der Waals surface area (Å²) < 4.78 is 5.93. The number of aromatic carboxylic acids is 1. The molecule has 2 heterocycles. The van der Waals surface area contributed by atoms with Crippen LogP contribution in [-0.4, -0.2) is 57.7 Å². The molecule has 1 saturated heterocycles. The lowest BCUT2D eigenvalue weighted by molar-refractivity contribution is 0.00985. The summed E-state index contributed by atoms with van der Waals surface area (Å²) in [4.78, 5) is 32.6. The molecule has 1 amide bonds. The highest BCUT2D eigenvalue weighted by Gasteiger charge is 2.25. The first-order chi connectivity index (χ1) is 12.6. The molecule has 0 unspecified atom stereocenters. The number of carbonyl (C=O) groups is 2. The number of nitrogens with zero attached hydrogens (tertiary/aromatic N) is 3. The number of piperidine rings is 1. The maximum Gasteiger partial charge on any atom is 0.356 e. The van der Waals surface area contributed by atoms with Crippen LogP contribution in [0, 0.1) is 0 Å². The third-order valence-corrected chi connectivity index (χ3v) is 4.41. The maximum atomic E-state index is 12.4. The van der Waals surface area contributed by atoms with E-state index in [4.69, 9.17) is 9.84 Å². The molecule has 0 radical (unpaired) electrons. The summed E-state index contributed by atoms with van der Waals surface area (Å²) in [5, 5.41) is 8.82. The number of carboxylic acids is 1. The minimum atomic E-state index is -1.16. The van der Waals surface area contributed by atoms with Gasteiger partial charge in [-0.05, 0) is 24.8 Å². The molecule has 1 fully saturated rings. The van der Waals surface area contributed by atoms with Crippen LogP contribution in [0.5, 0.6) is 0 Å². The molecule has 1 N–H and O–H groups in total. The van der Waals surface area contributed by atoms with Crippen molar-refractivity contribution in [3.05, 3.63) is 59.7 Å². The van der Waals surface area contributed by atoms with Gasteiger partial charge in [-0.25, -0.2) is 14.8 Å². The molecule has 3 rings (SSSR count). The van der Waals surface area contributed by atoms with Crippen molar-refractivity contribution in [2.75, 3.05) is 19.7 Å². The summed E-state index contributed by atoms with van der Waals surface area (Å²) in [6.45, 7) is 1.86. The largest absolute Gasteiger partial charge is 0.476 e. The van der Waals surface area contributed by atoms with E-state index < -0.39 is 5.97 Å². The number of hydrogen-bond donors (Lipinski definition) is 1. The van der Waals surface area contributed by atoms with Crippen molar-refractivity contribution in [3.63, 3.8) is 0 Å². The van der Waals surface area contributed by atoms with Crippen LogP contribution in [0.3, 0.4) is 0 Å². The molecular weight excluding hydrogens is 334 g/mol. The first kappa shape index (κ1) is 18.0. The monoisotopic (exact) mass is 355 g/mol. The van der Waals surface area contributed by atoms with Crippen LogP contribution in [0.4, 0.5) is 0 Å². The zero-order valence-electron chi connectivity index (χ0n) is 14.4. The molecule has 0 saturated carbocycles. The number of amides is 1. The standard InChI is InChI=1S/C19H21N3O4/c23-18(16-12-21-17(13-20-16)19(24)25)22-9-6-15(7-10-22)26-11-8-14-4-2-1-3-5-14/h1-5,12-13,15H,6-11H2,(H,24,25). The number of hydrogen-bond acceptors (Lipinski definition) is 5. The molecule has 136 valence electrons. The molecule has 7 nitrogen and oxygen atoms in total. The smallest absolute Gasteiger partial charge is 0.356 e. The average Bonchev–Trinajstić information content (AvgIpc) is 2.69. The molecule has 1 aliphatic rings. The molecule has 2 aromatic rings. The average molecular weight is 355 g/mol. The molecule has 1 aliphatic heterocycles. The van der Waals surface area contributed by atoms with Crippen LogP contribution < -0.4 is 0 Å². The maximum absolute atomic E-state index is 12.4. The van der Waals surface area contributed by atoms with Crippen LogP contribution in [0.2, 0.25) is 0 Å². The van der Waals surface area contributed by atoms with Crippen molar-refractivity contribution in [3.8, 4) is 0 Å². The Kier molecular flexibility index (Phi) is 5.91. The highest BCUT2D eigenvalue weighted by Crippen LogP contribution is 2.16. The third-order valence-electron chi connectivity index (χ3n) is 4.41. The van der Waals surface area contributed by atoms with E-state index in [9.17, 15) is 9.59 Å². The Morgan fingerprint density at radius 3 is 2.35 bits per heavy atom. The number of likely N-dealkylation sites (tertiary alicyclic amines) is 1. The van der Waals surface area contributed by atoms with E-state index in [1.807, 2.05) is 18.2 Å². The lowest BCUT2D eigenvalue weighted by Gasteiger charge is -2.31. The predicted octanol–water partition coefficient (Wildman–Crippen LogP) is 2.04. The fourth-order valence-electron chi connectivity index (χ4n) is 2.92. The molecule has 0 bridgehead atoms. The molecule has 1 aromatic heterocycles. The Balaban J connectivity index is 1.44. The van der Waals surface area contributed by atoms with Gasteiger partial charge in [-0.3, -0.25) is 4.79 Å². The highest BCUT2D eigenvalue weighted by molar-refractivity contribution is 5.92. The summed E-state index contributed by atoms with van der Waals surface area (Å²) in [6, 6.07) is 10.2. The van der Waals surface area contributed by atoms with Crippen LogP contribution in [0.15, 0.2) is 42.7 Å². The fourth-order valence-corrected chi connectivity index (χ4v) is 2.92. The van der Waals surface area contributed by atoms with Gasteiger partial charge in [0.15, 0.2) is 5.69 Å². The van der Waals surface area contributed by atoms with Gasteiger partial charge >= 0.3 is 5.97 Å². The van der Waals surface area contributed by atoms with Crippen molar-refractivity contribution in [2.45, 2.75) is 25.4 Å². The molecule has 0 atom stereocenters. The van der Waals surface area contributed by atoms with Crippen LogP contribution >= 0.6 is 0 Å². The van der Waals surface area contributed by atoms with E-state index >= 15 is 0 Å². The van der Waals surface area contributed by atoms with Gasteiger partial charge in [-0.2, -0.15) is 0 Å². The Morgan fingerprint density at radius 1 is 1.08 bits per heavy atom. The summed E-state index contributed by atoms with van der Waals surface area (Å²) in [7, 11) is 0.